The van der Waals surface area contributed by atoms with Crippen LogP contribution < -0.4 is 4.74 Å². The molecule has 4 rings (SSSR count). The summed E-state index contributed by atoms with van der Waals surface area (Å²) in [4.78, 5) is 4.81. The van der Waals surface area contributed by atoms with Gasteiger partial charge in [0.15, 0.2) is 0 Å². The van der Waals surface area contributed by atoms with E-state index in [4.69, 9.17) is 9.72 Å². The topological polar surface area (TPSA) is 27.1 Å². The molecule has 0 bridgehead atoms. The van der Waals surface area contributed by atoms with Crippen LogP contribution in [-0.4, -0.2) is 16.2 Å². The van der Waals surface area contributed by atoms with Crippen LogP contribution in [0.3, 0.4) is 0 Å². The van der Waals surface area contributed by atoms with Gasteiger partial charge in [0.25, 0.3) is 0 Å². The van der Waals surface area contributed by atoms with Gasteiger partial charge in [0.2, 0.25) is 0 Å². The first kappa shape index (κ1) is 20.0. The normalized spacial score (nSPS) is 12.0. The molecular weight excluding hydrogens is 368 g/mol. The third-order valence-electron chi connectivity index (χ3n) is 5.21. The number of benzene rings is 3. The van der Waals surface area contributed by atoms with Crippen LogP contribution >= 0.6 is 0 Å². The molecule has 0 spiro atoms. The summed E-state index contributed by atoms with van der Waals surface area (Å²) in [6.07, 6.45) is 4.18. The Labute approximate surface area is 178 Å². The Balaban J connectivity index is 1.51. The fraction of sp³-hybridized carbons (Fsp3) is 0.222. The van der Waals surface area contributed by atoms with Crippen molar-refractivity contribution in [1.82, 2.24) is 9.55 Å². The molecule has 0 atom stereocenters. The molecule has 0 fully saturated rings. The van der Waals surface area contributed by atoms with Gasteiger partial charge in [-0.15, -0.1) is 0 Å². The zero-order valence-corrected chi connectivity index (χ0v) is 17.9. The van der Waals surface area contributed by atoms with E-state index in [0.29, 0.717) is 6.61 Å². The van der Waals surface area contributed by atoms with Gasteiger partial charge in [0, 0.05) is 0 Å². The van der Waals surface area contributed by atoms with E-state index in [-0.39, 0.29) is 5.41 Å². The van der Waals surface area contributed by atoms with Crippen molar-refractivity contribution >= 4 is 23.2 Å². The van der Waals surface area contributed by atoms with Crippen molar-refractivity contribution in [1.29, 1.82) is 0 Å². The maximum atomic E-state index is 6.04. The maximum absolute atomic E-state index is 6.04. The van der Waals surface area contributed by atoms with Crippen LogP contribution in [0.5, 0.6) is 5.75 Å². The zero-order chi connectivity index (χ0) is 21.0. The Bertz CT molecular complexity index is 1130. The highest BCUT2D eigenvalue weighted by atomic mass is 16.5. The van der Waals surface area contributed by atoms with Crippen molar-refractivity contribution in [3.05, 3.63) is 95.8 Å². The lowest BCUT2D eigenvalue weighted by molar-refractivity contribution is 0.299. The number of aromatic nitrogens is 2. The molecule has 4 aromatic rings. The van der Waals surface area contributed by atoms with Crippen molar-refractivity contribution in [3.63, 3.8) is 0 Å². The minimum absolute atomic E-state index is 0.147. The monoisotopic (exact) mass is 396 g/mol. The summed E-state index contributed by atoms with van der Waals surface area (Å²) in [6.45, 7) is 7.98. The summed E-state index contributed by atoms with van der Waals surface area (Å²) in [5.74, 6) is 1.83. The second-order valence-corrected chi connectivity index (χ2v) is 8.48. The molecule has 0 saturated carbocycles. The third-order valence-corrected chi connectivity index (χ3v) is 5.21. The van der Waals surface area contributed by atoms with E-state index in [2.05, 4.69) is 92.1 Å². The fourth-order valence-electron chi connectivity index (χ4n) is 3.50. The number of ether oxygens (including phenoxy) is 1. The van der Waals surface area contributed by atoms with Crippen LogP contribution in [0.1, 0.15) is 37.7 Å². The number of rotatable bonds is 6. The van der Waals surface area contributed by atoms with E-state index >= 15 is 0 Å². The Hall–Kier alpha value is -3.33. The molecule has 3 heteroatoms. The van der Waals surface area contributed by atoms with Crippen molar-refractivity contribution < 1.29 is 4.74 Å². The van der Waals surface area contributed by atoms with Gasteiger partial charge in [-0.2, -0.15) is 0 Å². The Kier molecular flexibility index (Phi) is 5.71. The van der Waals surface area contributed by atoms with Gasteiger partial charge in [0.05, 0.1) is 17.6 Å². The van der Waals surface area contributed by atoms with Gasteiger partial charge in [-0.3, -0.25) is 0 Å². The average Bonchev–Trinajstić information content (AvgIpc) is 3.10. The number of nitrogens with zero attached hydrogens (tertiary/aromatic N) is 2. The number of hydrogen-bond acceptors (Lipinski definition) is 2. The average molecular weight is 397 g/mol. The molecule has 0 saturated heterocycles. The Morgan fingerprint density at radius 2 is 1.53 bits per heavy atom. The SMILES string of the molecule is CC(C)(C)c1ccc(OCCn2c(/C=C/c3ccccc3)nc3ccccc32)cc1. The number of fused-ring (bicyclic) bond motifs is 1. The molecule has 0 unspecified atom stereocenters. The van der Waals surface area contributed by atoms with Gasteiger partial charge < -0.3 is 9.30 Å². The molecule has 0 aliphatic rings. The second kappa shape index (κ2) is 8.58. The zero-order valence-electron chi connectivity index (χ0n) is 17.9. The fourth-order valence-corrected chi connectivity index (χ4v) is 3.50. The van der Waals surface area contributed by atoms with Crippen LogP contribution in [-0.2, 0) is 12.0 Å². The molecule has 1 heterocycles. The maximum Gasteiger partial charge on any atom is 0.133 e. The molecule has 30 heavy (non-hydrogen) atoms. The minimum atomic E-state index is 0.147. The summed E-state index contributed by atoms with van der Waals surface area (Å²) < 4.78 is 8.26. The second-order valence-electron chi connectivity index (χ2n) is 8.48. The largest absolute Gasteiger partial charge is 0.492 e. The molecule has 0 radical (unpaired) electrons. The molecule has 1 aromatic heterocycles. The summed E-state index contributed by atoms with van der Waals surface area (Å²) in [5, 5.41) is 0. The summed E-state index contributed by atoms with van der Waals surface area (Å²) in [6, 6.07) is 27.0. The Morgan fingerprint density at radius 1 is 0.833 bits per heavy atom. The lowest BCUT2D eigenvalue weighted by Gasteiger charge is -2.19. The molecule has 3 aromatic carbocycles. The van der Waals surface area contributed by atoms with Gasteiger partial charge in [-0.1, -0.05) is 81.4 Å². The first-order chi connectivity index (χ1) is 14.5. The predicted octanol–water partition coefficient (Wildman–Crippen LogP) is 6.58. The summed E-state index contributed by atoms with van der Waals surface area (Å²) >= 11 is 0. The molecule has 0 amide bonds. The highest BCUT2D eigenvalue weighted by molar-refractivity contribution is 5.79. The highest BCUT2D eigenvalue weighted by Crippen LogP contribution is 2.24. The first-order valence-electron chi connectivity index (χ1n) is 10.4. The van der Waals surface area contributed by atoms with E-state index < -0.39 is 0 Å². The van der Waals surface area contributed by atoms with Crippen molar-refractivity contribution in [3.8, 4) is 5.75 Å². The first-order valence-corrected chi connectivity index (χ1v) is 10.4. The van der Waals surface area contributed by atoms with Crippen LogP contribution in [0.4, 0.5) is 0 Å². The van der Waals surface area contributed by atoms with Crippen molar-refractivity contribution in [2.75, 3.05) is 6.61 Å². The Morgan fingerprint density at radius 3 is 2.27 bits per heavy atom. The molecule has 0 aliphatic carbocycles. The summed E-state index contributed by atoms with van der Waals surface area (Å²) in [5.41, 5.74) is 4.74. The molecular formula is C27H28N2O. The van der Waals surface area contributed by atoms with Gasteiger partial charge >= 0.3 is 0 Å². The summed E-state index contributed by atoms with van der Waals surface area (Å²) in [7, 11) is 0. The number of imidazole rings is 1. The van der Waals surface area contributed by atoms with Crippen LogP contribution in [0, 0.1) is 0 Å². The van der Waals surface area contributed by atoms with E-state index in [9.17, 15) is 0 Å². The molecule has 0 N–H and O–H groups in total. The van der Waals surface area contributed by atoms with Crippen LogP contribution in [0.2, 0.25) is 0 Å². The van der Waals surface area contributed by atoms with E-state index in [0.717, 1.165) is 34.7 Å². The van der Waals surface area contributed by atoms with Crippen molar-refractivity contribution in [2.45, 2.75) is 32.7 Å². The van der Waals surface area contributed by atoms with Crippen LogP contribution in [0.15, 0.2) is 78.9 Å². The predicted molar refractivity (Wildman–Crippen MR) is 126 cm³/mol. The molecule has 152 valence electrons. The molecule has 0 aliphatic heterocycles. The minimum Gasteiger partial charge on any atom is -0.492 e. The number of hydrogen-bond donors (Lipinski definition) is 0. The van der Waals surface area contributed by atoms with Crippen molar-refractivity contribution in [2.24, 2.45) is 0 Å². The van der Waals surface area contributed by atoms with E-state index in [1.807, 2.05) is 24.3 Å². The number of para-hydroxylation sites is 2. The smallest absolute Gasteiger partial charge is 0.133 e. The van der Waals surface area contributed by atoms with Gasteiger partial charge in [-0.25, -0.2) is 4.98 Å². The molecule has 3 nitrogen and oxygen atoms in total. The lowest BCUT2D eigenvalue weighted by Crippen LogP contribution is -2.11. The lowest BCUT2D eigenvalue weighted by atomic mass is 9.87. The standard InChI is InChI=1S/C27H28N2O/c1-27(2,3)22-14-16-23(17-15-22)30-20-19-29-25-12-8-7-11-24(25)28-26(29)18-13-21-9-5-4-6-10-21/h4-18H,19-20H2,1-3H3/b18-13+. The highest BCUT2D eigenvalue weighted by Gasteiger charge is 2.13. The van der Waals surface area contributed by atoms with Gasteiger partial charge in [0.1, 0.15) is 18.2 Å². The quantitative estimate of drug-likeness (QED) is 0.368. The van der Waals surface area contributed by atoms with Crippen LogP contribution in [0.25, 0.3) is 23.2 Å². The van der Waals surface area contributed by atoms with Gasteiger partial charge in [-0.05, 0) is 46.9 Å². The van der Waals surface area contributed by atoms with E-state index in [1.165, 1.54) is 5.56 Å². The third kappa shape index (κ3) is 4.62. The van der Waals surface area contributed by atoms with E-state index in [1.54, 1.807) is 0 Å².